The lowest BCUT2D eigenvalue weighted by Crippen LogP contribution is -2.38. The Kier molecular flexibility index (Phi) is 9.61. The molecular weight excluding hydrogens is 882 g/mol. The SMILES string of the molecule is Cn1nc(NS(C)(=O)=O)c2c(Cl)ccc(-n3c(C(Cc4cc(F)cc(F)c4)NC(=O)Cn4nc(C(F)F)c5c4C(F)(F)[C@@H]4C[C@H]54)nc4nc(OCC5CC5(F)F)ccc4c3=O)c21. The minimum atomic E-state index is -3.95. The molecule has 4 heterocycles. The van der Waals surface area contributed by atoms with Crippen molar-refractivity contribution >= 4 is 55.3 Å². The second-order valence-electron chi connectivity index (χ2n) is 15.5. The van der Waals surface area contributed by atoms with Gasteiger partial charge < -0.3 is 10.1 Å². The van der Waals surface area contributed by atoms with Crippen LogP contribution in [0, 0.1) is 23.5 Å². The van der Waals surface area contributed by atoms with Crippen molar-refractivity contribution in [1.29, 1.82) is 0 Å². The maximum Gasteiger partial charge on any atom is 0.293 e. The van der Waals surface area contributed by atoms with Crippen LogP contribution in [-0.2, 0) is 40.8 Å². The molecule has 2 N–H and O–H groups in total. The molecule has 3 aliphatic rings. The molecule has 4 atom stereocenters. The van der Waals surface area contributed by atoms with Gasteiger partial charge in [-0.15, -0.1) is 0 Å². The summed E-state index contributed by atoms with van der Waals surface area (Å²) in [5.74, 6) is -13.8. The molecule has 0 spiro atoms. The summed E-state index contributed by atoms with van der Waals surface area (Å²) in [5, 5.41) is 10.3. The third-order valence-electron chi connectivity index (χ3n) is 11.0. The smallest absolute Gasteiger partial charge is 0.293 e. The number of sulfonamides is 1. The zero-order valence-electron chi connectivity index (χ0n) is 31.9. The molecule has 0 aliphatic heterocycles. The van der Waals surface area contributed by atoms with Crippen molar-refractivity contribution in [3.63, 3.8) is 0 Å². The third kappa shape index (κ3) is 7.26. The normalized spacial score (nSPS) is 20.0. The van der Waals surface area contributed by atoms with E-state index in [1.807, 2.05) is 0 Å². The molecule has 326 valence electrons. The molecule has 62 heavy (non-hydrogen) atoms. The molecule has 1 amide bonds. The van der Waals surface area contributed by atoms with Gasteiger partial charge >= 0.3 is 0 Å². The lowest BCUT2D eigenvalue weighted by atomic mass is 10.0. The summed E-state index contributed by atoms with van der Waals surface area (Å²) in [6, 6.07) is 5.87. The number of nitrogens with one attached hydrogen (secondary N) is 2. The van der Waals surface area contributed by atoms with Gasteiger partial charge in [0.2, 0.25) is 21.8 Å². The molecular formula is C38H30ClF8N9O5S. The van der Waals surface area contributed by atoms with E-state index in [0.29, 0.717) is 10.7 Å². The van der Waals surface area contributed by atoms with Gasteiger partial charge in [0.1, 0.15) is 35.4 Å². The highest BCUT2D eigenvalue weighted by Crippen LogP contribution is 2.68. The van der Waals surface area contributed by atoms with E-state index in [1.54, 1.807) is 0 Å². The largest absolute Gasteiger partial charge is 0.477 e. The van der Waals surface area contributed by atoms with Crippen molar-refractivity contribution in [2.24, 2.45) is 18.9 Å². The number of carbonyl (C=O) groups excluding carboxylic acids is 1. The topological polar surface area (TPSA) is 168 Å². The van der Waals surface area contributed by atoms with Gasteiger partial charge in [0.15, 0.2) is 11.5 Å². The summed E-state index contributed by atoms with van der Waals surface area (Å²) in [4.78, 5) is 37.7. The molecule has 14 nitrogen and oxygen atoms in total. The predicted octanol–water partition coefficient (Wildman–Crippen LogP) is 6.45. The summed E-state index contributed by atoms with van der Waals surface area (Å²) in [7, 11) is -2.56. The molecule has 0 saturated heterocycles. The number of pyridine rings is 1. The van der Waals surface area contributed by atoms with Gasteiger partial charge in [-0.05, 0) is 48.2 Å². The number of anilines is 1. The van der Waals surface area contributed by atoms with Gasteiger partial charge in [-0.1, -0.05) is 11.6 Å². The van der Waals surface area contributed by atoms with E-state index in [1.165, 1.54) is 36.0 Å². The summed E-state index contributed by atoms with van der Waals surface area (Å²) in [6.07, 6.45) is -3.39. The first kappa shape index (κ1) is 41.5. The number of carbonyl (C=O) groups is 1. The Hall–Kier alpha value is -5.84. The number of aryl methyl sites for hydroxylation is 1. The van der Waals surface area contributed by atoms with E-state index in [4.69, 9.17) is 16.3 Å². The van der Waals surface area contributed by atoms with Crippen LogP contribution >= 0.6 is 11.6 Å². The van der Waals surface area contributed by atoms with Crippen molar-refractivity contribution in [3.05, 3.63) is 97.8 Å². The van der Waals surface area contributed by atoms with E-state index in [0.717, 1.165) is 23.0 Å². The van der Waals surface area contributed by atoms with Crippen LogP contribution in [0.2, 0.25) is 5.02 Å². The molecule has 2 aromatic carbocycles. The number of halogens is 9. The standard InChI is InChI=1S/C38H30ClF8N9O5S/c1-54-30-24(5-4-22(39)28(30)34(52-54)53-62(2,59)60)56-35(50-33-19(36(56)58)3-6-26(49-33)61-14-16-12-37(16,44)45)23(9-15-7-17(40)10-18(41)8-15)48-25(57)13-55-31-27(29(51-55)32(42)43)20-11-21(20)38(31,46)47/h3-8,10,16,20-21,23,32H,9,11-14H2,1-2H3,(H,48,57)(H,52,53)/t16?,20-,21+,23?/m0/s1. The number of hydrogen-bond donors (Lipinski definition) is 2. The Morgan fingerprint density at radius 2 is 1.76 bits per heavy atom. The lowest BCUT2D eigenvalue weighted by Gasteiger charge is -2.24. The monoisotopic (exact) mass is 911 g/mol. The van der Waals surface area contributed by atoms with Crippen LogP contribution in [-0.4, -0.2) is 67.2 Å². The van der Waals surface area contributed by atoms with E-state index >= 15 is 8.78 Å². The first-order chi connectivity index (χ1) is 29.1. The number of amides is 1. The van der Waals surface area contributed by atoms with E-state index in [-0.39, 0.29) is 61.9 Å². The number of hydrogen-bond acceptors (Lipinski definition) is 9. The van der Waals surface area contributed by atoms with Crippen molar-refractivity contribution in [1.82, 2.24) is 39.4 Å². The Labute approximate surface area is 348 Å². The summed E-state index contributed by atoms with van der Waals surface area (Å²) in [5.41, 5.74) is -3.49. The summed E-state index contributed by atoms with van der Waals surface area (Å²) >= 11 is 6.57. The van der Waals surface area contributed by atoms with Gasteiger partial charge in [-0.25, -0.2) is 39.7 Å². The molecule has 2 unspecified atom stereocenters. The number of fused-ring (bicyclic) bond motifs is 5. The highest BCUT2D eigenvalue weighted by Gasteiger charge is 2.67. The Bertz CT molecular complexity index is 3030. The zero-order valence-corrected chi connectivity index (χ0v) is 33.5. The second kappa shape index (κ2) is 14.4. The highest BCUT2D eigenvalue weighted by molar-refractivity contribution is 7.92. The van der Waals surface area contributed by atoms with Crippen LogP contribution in [0.1, 0.15) is 59.6 Å². The zero-order chi connectivity index (χ0) is 44.4. The Balaban J connectivity index is 1.22. The Morgan fingerprint density at radius 3 is 2.42 bits per heavy atom. The quantitative estimate of drug-likeness (QED) is 0.124. The summed E-state index contributed by atoms with van der Waals surface area (Å²) in [6.45, 7) is -1.48. The van der Waals surface area contributed by atoms with Crippen molar-refractivity contribution in [2.75, 3.05) is 17.6 Å². The van der Waals surface area contributed by atoms with Gasteiger partial charge in [0, 0.05) is 43.5 Å². The van der Waals surface area contributed by atoms with Gasteiger partial charge in [-0.2, -0.15) is 24.0 Å². The van der Waals surface area contributed by atoms with E-state index < -0.39 is 118 Å². The predicted molar refractivity (Wildman–Crippen MR) is 204 cm³/mol. The Morgan fingerprint density at radius 1 is 1.05 bits per heavy atom. The average molecular weight is 912 g/mol. The first-order valence-electron chi connectivity index (χ1n) is 18.7. The number of aromatic nitrogens is 7. The maximum atomic E-state index is 15.5. The van der Waals surface area contributed by atoms with Crippen LogP contribution in [0.4, 0.5) is 40.9 Å². The third-order valence-corrected chi connectivity index (χ3v) is 11.9. The molecule has 6 aromatic rings. The molecule has 0 bridgehead atoms. The van der Waals surface area contributed by atoms with Crippen LogP contribution in [0.15, 0.2) is 47.3 Å². The lowest BCUT2D eigenvalue weighted by molar-refractivity contribution is -0.123. The fraction of sp³-hybridized carbons (Fsp3) is 0.368. The van der Waals surface area contributed by atoms with E-state index in [2.05, 4.69) is 30.2 Å². The fourth-order valence-corrected chi connectivity index (χ4v) is 8.90. The molecule has 0 radical (unpaired) electrons. The first-order valence-corrected chi connectivity index (χ1v) is 21.0. The number of alkyl halides is 6. The van der Waals surface area contributed by atoms with Crippen LogP contribution in [0.25, 0.3) is 27.6 Å². The molecule has 3 aliphatic carbocycles. The molecule has 9 rings (SSSR count). The van der Waals surface area contributed by atoms with E-state index in [9.17, 15) is 44.3 Å². The number of nitrogens with zero attached hydrogens (tertiary/aromatic N) is 7. The molecule has 24 heteroatoms. The van der Waals surface area contributed by atoms with Crippen LogP contribution in [0.5, 0.6) is 5.88 Å². The molecule has 2 saturated carbocycles. The highest BCUT2D eigenvalue weighted by atomic mass is 35.5. The van der Waals surface area contributed by atoms with Gasteiger partial charge in [0.25, 0.3) is 23.8 Å². The molecule has 2 fully saturated rings. The average Bonchev–Trinajstić information content (AvgIpc) is 3.97. The number of ether oxygens (including phenoxy) is 1. The minimum absolute atomic E-state index is 0.00271. The van der Waals surface area contributed by atoms with Crippen LogP contribution in [0.3, 0.4) is 0 Å². The second-order valence-corrected chi connectivity index (χ2v) is 17.7. The van der Waals surface area contributed by atoms with Gasteiger partial charge in [-0.3, -0.25) is 28.2 Å². The number of benzene rings is 2. The molecule has 4 aromatic heterocycles. The number of rotatable bonds is 13. The van der Waals surface area contributed by atoms with Crippen molar-refractivity contribution in [2.45, 2.75) is 56.0 Å². The van der Waals surface area contributed by atoms with Crippen molar-refractivity contribution in [3.8, 4) is 11.6 Å². The summed E-state index contributed by atoms with van der Waals surface area (Å²) < 4.78 is 151. The maximum absolute atomic E-state index is 15.5. The van der Waals surface area contributed by atoms with Crippen molar-refractivity contribution < 1.29 is 53.1 Å². The van der Waals surface area contributed by atoms with Crippen LogP contribution < -0.4 is 20.3 Å². The minimum Gasteiger partial charge on any atom is -0.477 e. The fourth-order valence-electron chi connectivity index (χ4n) is 8.16. The van der Waals surface area contributed by atoms with Gasteiger partial charge in [0.05, 0.1) is 51.8 Å².